The van der Waals surface area contributed by atoms with Gasteiger partial charge in [0, 0.05) is 11.8 Å². The maximum absolute atomic E-state index is 12.2. The van der Waals surface area contributed by atoms with E-state index in [0.29, 0.717) is 23.9 Å². The van der Waals surface area contributed by atoms with Crippen molar-refractivity contribution in [2.75, 3.05) is 43.0 Å². The molecular weight excluding hydrogens is 424 g/mol. The van der Waals surface area contributed by atoms with Crippen molar-refractivity contribution in [2.45, 2.75) is 12.1 Å². The van der Waals surface area contributed by atoms with E-state index in [1.807, 2.05) is 53.4 Å². The Morgan fingerprint density at radius 2 is 1.87 bits per heavy atom. The third-order valence-electron chi connectivity index (χ3n) is 5.08. The minimum absolute atomic E-state index is 0.0744. The predicted octanol–water partition coefficient (Wildman–Crippen LogP) is 2.86. The number of ether oxygens (including phenoxy) is 3. The van der Waals surface area contributed by atoms with Crippen LogP contribution in [0.15, 0.2) is 53.5 Å². The molecule has 2 atom stereocenters. The number of methoxy groups -OCH3 is 2. The molecule has 9 heteroatoms. The van der Waals surface area contributed by atoms with Crippen molar-refractivity contribution < 1.29 is 22.6 Å². The van der Waals surface area contributed by atoms with Crippen LogP contribution in [0.3, 0.4) is 0 Å². The van der Waals surface area contributed by atoms with Crippen molar-refractivity contribution in [1.82, 2.24) is 0 Å². The van der Waals surface area contributed by atoms with Crippen molar-refractivity contribution in [3.8, 4) is 17.2 Å². The summed E-state index contributed by atoms with van der Waals surface area (Å²) < 4.78 is 41.2. The summed E-state index contributed by atoms with van der Waals surface area (Å²) in [5.41, 5.74) is 0.761. The van der Waals surface area contributed by atoms with Crippen molar-refractivity contribution in [3.05, 3.63) is 48.5 Å². The summed E-state index contributed by atoms with van der Waals surface area (Å²) in [6, 6.07) is 14.6. The molecule has 0 amide bonds. The first kappa shape index (κ1) is 20.9. The molecule has 2 heterocycles. The maximum Gasteiger partial charge on any atom is 0.164 e. The van der Waals surface area contributed by atoms with Gasteiger partial charge in [-0.3, -0.25) is 4.99 Å². The lowest BCUT2D eigenvalue weighted by molar-refractivity contribution is 0.344. The van der Waals surface area contributed by atoms with Crippen LogP contribution in [-0.4, -0.2) is 63.8 Å². The van der Waals surface area contributed by atoms with Crippen LogP contribution in [0.2, 0.25) is 0 Å². The molecule has 0 spiro atoms. The Morgan fingerprint density at radius 3 is 2.60 bits per heavy atom. The molecule has 2 aliphatic rings. The number of hydrogen-bond donors (Lipinski definition) is 0. The van der Waals surface area contributed by atoms with E-state index in [0.717, 1.165) is 16.6 Å². The van der Waals surface area contributed by atoms with Crippen molar-refractivity contribution in [3.63, 3.8) is 0 Å². The lowest BCUT2D eigenvalue weighted by Crippen LogP contribution is -2.39. The highest BCUT2D eigenvalue weighted by Gasteiger charge is 2.47. The number of hydrogen-bond acceptors (Lipinski definition) is 8. The Hall–Kier alpha value is -2.39. The van der Waals surface area contributed by atoms with Gasteiger partial charge in [0.25, 0.3) is 0 Å². The van der Waals surface area contributed by atoms with E-state index in [4.69, 9.17) is 19.2 Å². The minimum Gasteiger partial charge on any atom is -0.497 e. The second kappa shape index (κ2) is 8.77. The van der Waals surface area contributed by atoms with E-state index in [-0.39, 0.29) is 23.6 Å². The van der Waals surface area contributed by atoms with Gasteiger partial charge in [0.1, 0.15) is 17.2 Å². The van der Waals surface area contributed by atoms with E-state index >= 15 is 0 Å². The van der Waals surface area contributed by atoms with E-state index in [9.17, 15) is 8.42 Å². The Bertz CT molecular complexity index is 1030. The normalized spacial score (nSPS) is 21.8. The molecule has 2 aliphatic heterocycles. The topological polar surface area (TPSA) is 77.4 Å². The van der Waals surface area contributed by atoms with Gasteiger partial charge in [-0.15, -0.1) is 0 Å². The Balaban J connectivity index is 1.55. The average Bonchev–Trinajstić information content (AvgIpc) is 3.22. The molecule has 30 heavy (non-hydrogen) atoms. The van der Waals surface area contributed by atoms with E-state index in [1.165, 1.54) is 0 Å². The Labute approximate surface area is 181 Å². The number of thioether (sulfide) groups is 1. The summed E-state index contributed by atoms with van der Waals surface area (Å²) in [7, 11) is 0.0783. The zero-order valence-electron chi connectivity index (χ0n) is 16.9. The van der Waals surface area contributed by atoms with Gasteiger partial charge in [-0.25, -0.2) is 8.42 Å². The number of aliphatic imine (C=N–C) groups is 1. The van der Waals surface area contributed by atoms with Gasteiger partial charge in [0.15, 0.2) is 15.0 Å². The minimum atomic E-state index is -3.12. The zero-order chi connectivity index (χ0) is 21.1. The van der Waals surface area contributed by atoms with Crippen LogP contribution in [0.25, 0.3) is 0 Å². The summed E-state index contributed by atoms with van der Waals surface area (Å²) in [4.78, 5) is 6.74. The molecule has 0 aliphatic carbocycles. The highest BCUT2D eigenvalue weighted by atomic mass is 32.2. The molecule has 1 fully saturated rings. The summed E-state index contributed by atoms with van der Waals surface area (Å²) in [6.45, 7) is 0.518. The van der Waals surface area contributed by atoms with Crippen LogP contribution >= 0.6 is 11.8 Å². The van der Waals surface area contributed by atoms with Crippen LogP contribution < -0.4 is 19.1 Å². The molecular formula is C21H24N2O5S2. The Morgan fingerprint density at radius 1 is 1.07 bits per heavy atom. The number of benzene rings is 2. The number of para-hydroxylation sites is 1. The largest absolute Gasteiger partial charge is 0.497 e. The molecule has 1 saturated heterocycles. The fourth-order valence-corrected chi connectivity index (χ4v) is 6.49. The summed E-state index contributed by atoms with van der Waals surface area (Å²) in [6.07, 6.45) is 0. The maximum atomic E-state index is 12.2. The number of sulfone groups is 1. The fourth-order valence-electron chi connectivity index (χ4n) is 3.71. The van der Waals surface area contributed by atoms with Crippen LogP contribution in [0.1, 0.15) is 0 Å². The second-order valence-corrected chi connectivity index (χ2v) is 10.3. The SMILES string of the molecule is COc1ccc(OC)c(N2C(SCCOc3ccccc3)=N[C@@H]3CS(=O)(=O)C[C@H]32)c1. The highest BCUT2D eigenvalue weighted by Crippen LogP contribution is 2.41. The fraction of sp³-hybridized carbons (Fsp3) is 0.381. The lowest BCUT2D eigenvalue weighted by Gasteiger charge is -2.28. The standard InChI is InChI=1S/C21H24N2O5S2/c1-26-16-8-9-20(27-2)18(12-16)23-19-14-30(24,25)13-17(19)22-21(23)29-11-10-28-15-6-4-3-5-7-15/h3-9,12,17,19H,10-11,13-14H2,1-2H3/t17-,19-/m1/s1. The van der Waals surface area contributed by atoms with Gasteiger partial charge < -0.3 is 19.1 Å². The van der Waals surface area contributed by atoms with Gasteiger partial charge in [0.2, 0.25) is 0 Å². The van der Waals surface area contributed by atoms with E-state index in [1.54, 1.807) is 26.0 Å². The van der Waals surface area contributed by atoms with Crippen LogP contribution in [-0.2, 0) is 9.84 Å². The monoisotopic (exact) mass is 448 g/mol. The molecule has 0 radical (unpaired) electrons. The molecule has 0 N–H and O–H groups in total. The van der Waals surface area contributed by atoms with Gasteiger partial charge in [0.05, 0.1) is 50.1 Å². The molecule has 0 saturated carbocycles. The van der Waals surface area contributed by atoms with Crippen LogP contribution in [0.5, 0.6) is 17.2 Å². The smallest absolute Gasteiger partial charge is 0.164 e. The molecule has 4 rings (SSSR count). The number of fused-ring (bicyclic) bond motifs is 1. The molecule has 2 aromatic rings. The first-order chi connectivity index (χ1) is 14.5. The predicted molar refractivity (Wildman–Crippen MR) is 120 cm³/mol. The average molecular weight is 449 g/mol. The lowest BCUT2D eigenvalue weighted by atomic mass is 10.1. The van der Waals surface area contributed by atoms with Gasteiger partial charge in [-0.1, -0.05) is 30.0 Å². The first-order valence-corrected chi connectivity index (χ1v) is 12.4. The van der Waals surface area contributed by atoms with Crippen LogP contribution in [0.4, 0.5) is 5.69 Å². The van der Waals surface area contributed by atoms with Crippen molar-refractivity contribution in [2.24, 2.45) is 4.99 Å². The molecule has 0 unspecified atom stereocenters. The van der Waals surface area contributed by atoms with E-state index in [2.05, 4.69) is 0 Å². The molecule has 160 valence electrons. The number of amidine groups is 1. The Kier molecular flexibility index (Phi) is 6.10. The van der Waals surface area contributed by atoms with E-state index < -0.39 is 9.84 Å². The molecule has 7 nitrogen and oxygen atoms in total. The highest BCUT2D eigenvalue weighted by molar-refractivity contribution is 8.14. The molecule has 2 aromatic carbocycles. The second-order valence-electron chi connectivity index (χ2n) is 7.04. The van der Waals surface area contributed by atoms with Crippen molar-refractivity contribution >= 4 is 32.5 Å². The van der Waals surface area contributed by atoms with Gasteiger partial charge in [-0.2, -0.15) is 0 Å². The third kappa shape index (κ3) is 4.37. The number of rotatable bonds is 7. The summed E-state index contributed by atoms with van der Waals surface area (Å²) in [5.74, 6) is 2.97. The summed E-state index contributed by atoms with van der Waals surface area (Å²) in [5, 5.41) is 0.781. The van der Waals surface area contributed by atoms with Crippen molar-refractivity contribution in [1.29, 1.82) is 0 Å². The van der Waals surface area contributed by atoms with Gasteiger partial charge >= 0.3 is 0 Å². The third-order valence-corrected chi connectivity index (χ3v) is 7.71. The number of nitrogens with zero attached hydrogens (tertiary/aromatic N) is 2. The van der Waals surface area contributed by atoms with Crippen LogP contribution in [0, 0.1) is 0 Å². The first-order valence-electron chi connectivity index (χ1n) is 9.61. The number of anilines is 1. The quantitative estimate of drug-likeness (QED) is 0.603. The van der Waals surface area contributed by atoms with Gasteiger partial charge in [-0.05, 0) is 24.3 Å². The zero-order valence-corrected chi connectivity index (χ0v) is 18.5. The molecule has 0 bridgehead atoms. The summed E-state index contributed by atoms with van der Waals surface area (Å²) >= 11 is 1.56. The molecule has 0 aromatic heterocycles.